The maximum Gasteiger partial charge on any atom is 0.326 e. The monoisotopic (exact) mass is 443 g/mol. The second kappa shape index (κ2) is 9.06. The highest BCUT2D eigenvalue weighted by Crippen LogP contribution is 2.29. The fourth-order valence-corrected chi connectivity index (χ4v) is 4.08. The van der Waals surface area contributed by atoms with E-state index in [1.54, 1.807) is 29.2 Å². The summed E-state index contributed by atoms with van der Waals surface area (Å²) in [4.78, 5) is 15.0. The number of hydrogen-bond acceptors (Lipinski definition) is 3. The Hall–Kier alpha value is -2.57. The van der Waals surface area contributed by atoms with Crippen LogP contribution in [0.15, 0.2) is 42.5 Å². The summed E-state index contributed by atoms with van der Waals surface area (Å²) in [7, 11) is 0. The van der Waals surface area contributed by atoms with E-state index in [0.29, 0.717) is 22.3 Å². The largest absolute Gasteiger partial charge is 0.326 e. The molecule has 0 bridgehead atoms. The topological polar surface area (TPSA) is 63.1 Å². The number of nitrogens with one attached hydrogen (secondary N) is 1. The highest BCUT2D eigenvalue weighted by Gasteiger charge is 2.23. The molecule has 30 heavy (non-hydrogen) atoms. The molecule has 0 fully saturated rings. The number of carbonyl (C=O) groups excluding carboxylic acids is 1. The molecule has 0 atom stereocenters. The van der Waals surface area contributed by atoms with E-state index >= 15 is 0 Å². The van der Waals surface area contributed by atoms with Gasteiger partial charge in [-0.15, -0.1) is 10.2 Å². The average Bonchev–Trinajstić information content (AvgIpc) is 2.94. The molecule has 1 N–H and O–H groups in total. The van der Waals surface area contributed by atoms with Gasteiger partial charge in [0.2, 0.25) is 0 Å². The van der Waals surface area contributed by atoms with Crippen molar-refractivity contribution in [2.45, 2.75) is 45.7 Å². The predicted molar refractivity (Wildman–Crippen MR) is 120 cm³/mol. The molecule has 0 aliphatic carbocycles. The molecule has 2 heterocycles. The lowest BCUT2D eigenvalue weighted by Crippen LogP contribution is -2.36. The van der Waals surface area contributed by atoms with Crippen LogP contribution in [-0.2, 0) is 19.5 Å². The second-order valence-corrected chi connectivity index (χ2v) is 8.25. The fraction of sp³-hybridized carbons (Fsp3) is 0.318. The predicted octanol–water partition coefficient (Wildman–Crippen LogP) is 5.86. The van der Waals surface area contributed by atoms with Gasteiger partial charge in [-0.2, -0.15) is 0 Å². The van der Waals surface area contributed by atoms with Gasteiger partial charge in [0.1, 0.15) is 5.82 Å². The molecular formula is C22H23Cl2N5O. The lowest BCUT2D eigenvalue weighted by Gasteiger charge is -2.25. The molecule has 156 valence electrons. The van der Waals surface area contributed by atoms with Gasteiger partial charge >= 0.3 is 6.03 Å². The van der Waals surface area contributed by atoms with Crippen LogP contribution in [0, 0.1) is 6.92 Å². The van der Waals surface area contributed by atoms with Gasteiger partial charge < -0.3 is 9.88 Å². The Morgan fingerprint density at radius 1 is 1.13 bits per heavy atom. The van der Waals surface area contributed by atoms with Crippen molar-refractivity contribution >= 4 is 40.6 Å². The number of amides is 2. The van der Waals surface area contributed by atoms with Crippen LogP contribution >= 0.6 is 23.2 Å². The summed E-state index contributed by atoms with van der Waals surface area (Å²) in [5.74, 6) is 1.76. The number of urea groups is 1. The van der Waals surface area contributed by atoms with E-state index in [1.165, 1.54) is 6.42 Å². The van der Waals surface area contributed by atoms with Crippen molar-refractivity contribution in [3.05, 3.63) is 69.7 Å². The summed E-state index contributed by atoms with van der Waals surface area (Å²) in [5.41, 5.74) is 2.18. The Balaban J connectivity index is 1.68. The standard InChI is InChI=1S/C22H23Cl2N5O/c1-15-18(24)9-6-10-19(15)29(22(30)25-17-8-5-7-16(23)13-17)14-21-27-26-20-11-3-2-4-12-28(20)21/h5-10,13H,2-4,11-12,14H2,1H3,(H,25,30). The first-order valence-corrected chi connectivity index (χ1v) is 10.8. The molecule has 0 saturated heterocycles. The Bertz CT molecular complexity index is 1070. The molecule has 0 spiro atoms. The first-order valence-electron chi connectivity index (χ1n) is 10.0. The van der Waals surface area contributed by atoms with Crippen molar-refractivity contribution < 1.29 is 4.79 Å². The van der Waals surface area contributed by atoms with Crippen molar-refractivity contribution in [3.8, 4) is 0 Å². The molecule has 1 aromatic heterocycles. The van der Waals surface area contributed by atoms with E-state index < -0.39 is 0 Å². The molecule has 1 aliphatic heterocycles. The smallest absolute Gasteiger partial charge is 0.313 e. The van der Waals surface area contributed by atoms with Crippen LogP contribution in [0.1, 0.15) is 36.5 Å². The molecule has 6 nitrogen and oxygen atoms in total. The number of carbonyl (C=O) groups is 1. The highest BCUT2D eigenvalue weighted by atomic mass is 35.5. The third kappa shape index (κ3) is 4.45. The second-order valence-electron chi connectivity index (χ2n) is 7.41. The number of anilines is 2. The maximum atomic E-state index is 13.3. The number of halogens is 2. The zero-order chi connectivity index (χ0) is 21.1. The van der Waals surface area contributed by atoms with Crippen LogP contribution in [0.4, 0.5) is 16.2 Å². The molecule has 3 aromatic rings. The van der Waals surface area contributed by atoms with E-state index in [1.807, 2.05) is 25.1 Å². The molecule has 4 rings (SSSR count). The number of hydrogen-bond donors (Lipinski definition) is 1. The number of nitrogens with zero attached hydrogens (tertiary/aromatic N) is 4. The van der Waals surface area contributed by atoms with Crippen LogP contribution in [0.25, 0.3) is 0 Å². The molecule has 0 saturated carbocycles. The van der Waals surface area contributed by atoms with E-state index in [4.69, 9.17) is 23.2 Å². The number of fused-ring (bicyclic) bond motifs is 1. The van der Waals surface area contributed by atoms with Gasteiger partial charge in [-0.3, -0.25) is 4.90 Å². The van der Waals surface area contributed by atoms with Gasteiger partial charge in [0.15, 0.2) is 5.82 Å². The van der Waals surface area contributed by atoms with Gasteiger partial charge in [-0.1, -0.05) is 41.8 Å². The van der Waals surface area contributed by atoms with Gasteiger partial charge in [0.05, 0.1) is 12.2 Å². The molecule has 0 radical (unpaired) electrons. The molecule has 0 unspecified atom stereocenters. The quantitative estimate of drug-likeness (QED) is 0.549. The molecule has 2 aromatic carbocycles. The van der Waals surface area contributed by atoms with Crippen LogP contribution in [-0.4, -0.2) is 20.8 Å². The van der Waals surface area contributed by atoms with Gasteiger partial charge in [0.25, 0.3) is 0 Å². The molecule has 2 amide bonds. The van der Waals surface area contributed by atoms with Gasteiger partial charge in [0, 0.05) is 28.7 Å². The first-order chi connectivity index (χ1) is 14.5. The Labute approximate surface area is 185 Å². The summed E-state index contributed by atoms with van der Waals surface area (Å²) >= 11 is 12.4. The van der Waals surface area contributed by atoms with Crippen molar-refractivity contribution in [1.29, 1.82) is 0 Å². The number of aromatic nitrogens is 3. The normalized spacial score (nSPS) is 13.4. The molecule has 8 heteroatoms. The van der Waals surface area contributed by atoms with E-state index in [-0.39, 0.29) is 6.03 Å². The molecular weight excluding hydrogens is 421 g/mol. The summed E-state index contributed by atoms with van der Waals surface area (Å²) in [6.45, 7) is 3.07. The minimum absolute atomic E-state index is 0.284. The van der Waals surface area contributed by atoms with Crippen molar-refractivity contribution in [2.24, 2.45) is 0 Å². The Morgan fingerprint density at radius 2 is 1.97 bits per heavy atom. The van der Waals surface area contributed by atoms with Crippen LogP contribution in [0.2, 0.25) is 10.0 Å². The average molecular weight is 444 g/mol. The van der Waals surface area contributed by atoms with E-state index in [0.717, 1.165) is 48.7 Å². The minimum atomic E-state index is -0.284. The lowest BCUT2D eigenvalue weighted by molar-refractivity contribution is 0.256. The van der Waals surface area contributed by atoms with E-state index in [9.17, 15) is 4.79 Å². The highest BCUT2D eigenvalue weighted by molar-refractivity contribution is 6.32. The van der Waals surface area contributed by atoms with E-state index in [2.05, 4.69) is 20.1 Å². The summed E-state index contributed by atoms with van der Waals surface area (Å²) in [6, 6.07) is 12.3. The van der Waals surface area contributed by atoms with Crippen LogP contribution < -0.4 is 10.2 Å². The summed E-state index contributed by atoms with van der Waals surface area (Å²) in [5, 5.41) is 12.9. The minimum Gasteiger partial charge on any atom is -0.313 e. The first kappa shape index (κ1) is 20.7. The van der Waals surface area contributed by atoms with Gasteiger partial charge in [-0.25, -0.2) is 4.79 Å². The Kier molecular flexibility index (Phi) is 6.25. The van der Waals surface area contributed by atoms with Crippen molar-refractivity contribution in [3.63, 3.8) is 0 Å². The zero-order valence-electron chi connectivity index (χ0n) is 16.7. The lowest BCUT2D eigenvalue weighted by atomic mass is 10.2. The Morgan fingerprint density at radius 3 is 2.80 bits per heavy atom. The zero-order valence-corrected chi connectivity index (χ0v) is 18.2. The summed E-state index contributed by atoms with van der Waals surface area (Å²) < 4.78 is 2.15. The summed E-state index contributed by atoms with van der Waals surface area (Å²) in [6.07, 6.45) is 4.29. The molecule has 1 aliphatic rings. The third-order valence-corrected chi connectivity index (χ3v) is 5.98. The maximum absolute atomic E-state index is 13.3. The third-order valence-electron chi connectivity index (χ3n) is 5.34. The number of benzene rings is 2. The van der Waals surface area contributed by atoms with Gasteiger partial charge in [-0.05, 0) is 55.7 Å². The van der Waals surface area contributed by atoms with Crippen LogP contribution in [0.3, 0.4) is 0 Å². The fourth-order valence-electron chi connectivity index (χ4n) is 3.72. The SMILES string of the molecule is Cc1c(Cl)cccc1N(Cc1nnc2n1CCCCC2)C(=O)Nc1cccc(Cl)c1. The number of aryl methyl sites for hydroxylation is 1. The van der Waals surface area contributed by atoms with Crippen molar-refractivity contribution in [1.82, 2.24) is 14.8 Å². The van der Waals surface area contributed by atoms with Crippen LogP contribution in [0.5, 0.6) is 0 Å². The van der Waals surface area contributed by atoms with Crippen molar-refractivity contribution in [2.75, 3.05) is 10.2 Å². The number of rotatable bonds is 4.